The van der Waals surface area contributed by atoms with Gasteiger partial charge >= 0.3 is 0 Å². The van der Waals surface area contributed by atoms with Crippen LogP contribution in [0.1, 0.15) is 12.5 Å². The van der Waals surface area contributed by atoms with Crippen molar-refractivity contribution in [1.82, 2.24) is 5.01 Å². The Kier molecular flexibility index (Phi) is 3.51. The van der Waals surface area contributed by atoms with Crippen LogP contribution in [0.2, 0.25) is 0 Å². The van der Waals surface area contributed by atoms with Crippen molar-refractivity contribution in [1.29, 1.82) is 0 Å². The zero-order valence-electron chi connectivity index (χ0n) is 9.20. The third kappa shape index (κ3) is 2.49. The second-order valence-electron chi connectivity index (χ2n) is 3.33. The third-order valence-electron chi connectivity index (χ3n) is 1.94. The van der Waals surface area contributed by atoms with Gasteiger partial charge in [-0.2, -0.15) is 5.10 Å². The first kappa shape index (κ1) is 10.6. The molecule has 0 heterocycles. The maximum absolute atomic E-state index is 4.37. The van der Waals surface area contributed by atoms with Crippen molar-refractivity contribution in [2.24, 2.45) is 5.10 Å². The minimum Gasteiger partial charge on any atom is -0.388 e. The summed E-state index contributed by atoms with van der Waals surface area (Å²) in [4.78, 5) is 0. The predicted octanol–water partition coefficient (Wildman–Crippen LogP) is 2.01. The molecule has 1 aromatic rings. The Morgan fingerprint density at radius 3 is 2.50 bits per heavy atom. The molecule has 3 heteroatoms. The van der Waals surface area contributed by atoms with Crippen molar-refractivity contribution in [3.63, 3.8) is 0 Å². The van der Waals surface area contributed by atoms with Crippen LogP contribution < -0.4 is 5.32 Å². The van der Waals surface area contributed by atoms with Gasteiger partial charge in [-0.15, -0.1) is 0 Å². The first-order valence-corrected chi connectivity index (χ1v) is 4.65. The highest BCUT2D eigenvalue weighted by molar-refractivity contribution is 6.03. The molecule has 0 saturated heterocycles. The van der Waals surface area contributed by atoms with Crippen molar-refractivity contribution in [3.8, 4) is 0 Å². The van der Waals surface area contributed by atoms with Crippen molar-refractivity contribution in [2.45, 2.75) is 6.92 Å². The molecule has 0 aromatic heterocycles. The highest BCUT2D eigenvalue weighted by Gasteiger charge is 2.02. The average molecular weight is 191 g/mol. The van der Waals surface area contributed by atoms with Gasteiger partial charge in [0.2, 0.25) is 0 Å². The zero-order chi connectivity index (χ0) is 10.6. The second-order valence-corrected chi connectivity index (χ2v) is 3.33. The van der Waals surface area contributed by atoms with E-state index in [1.165, 1.54) is 0 Å². The number of para-hydroxylation sites is 1. The number of nitrogens with zero attached hydrogens (tertiary/aromatic N) is 2. The molecule has 0 aliphatic heterocycles. The molecule has 1 rings (SSSR count). The Balaban J connectivity index is 3.05. The maximum Gasteiger partial charge on any atom is 0.0667 e. The molecule has 0 unspecified atom stereocenters. The van der Waals surface area contributed by atoms with Crippen molar-refractivity contribution in [3.05, 3.63) is 29.8 Å². The summed E-state index contributed by atoms with van der Waals surface area (Å²) in [6.07, 6.45) is 0. The SMILES string of the molecule is CNc1ccccc1/C(C)=N\N(C)C. The number of rotatable bonds is 3. The molecule has 14 heavy (non-hydrogen) atoms. The lowest BCUT2D eigenvalue weighted by Gasteiger charge is -2.11. The van der Waals surface area contributed by atoms with E-state index in [9.17, 15) is 0 Å². The second kappa shape index (κ2) is 4.65. The Morgan fingerprint density at radius 1 is 1.29 bits per heavy atom. The molecular formula is C11H17N3. The first-order valence-electron chi connectivity index (χ1n) is 4.65. The Hall–Kier alpha value is -1.51. The number of hydrazone groups is 1. The predicted molar refractivity (Wildman–Crippen MR) is 61.9 cm³/mol. The number of benzene rings is 1. The van der Waals surface area contributed by atoms with E-state index in [1.807, 2.05) is 51.3 Å². The lowest BCUT2D eigenvalue weighted by Crippen LogP contribution is -2.08. The van der Waals surface area contributed by atoms with Gasteiger partial charge in [0, 0.05) is 32.4 Å². The Labute approximate surface area is 85.4 Å². The van der Waals surface area contributed by atoms with E-state index < -0.39 is 0 Å². The van der Waals surface area contributed by atoms with Crippen LogP contribution in [-0.2, 0) is 0 Å². The summed E-state index contributed by atoms with van der Waals surface area (Å²) in [6, 6.07) is 8.14. The van der Waals surface area contributed by atoms with Crippen LogP contribution in [0.25, 0.3) is 0 Å². The largest absolute Gasteiger partial charge is 0.388 e. The summed E-state index contributed by atoms with van der Waals surface area (Å²) >= 11 is 0. The molecular weight excluding hydrogens is 174 g/mol. The third-order valence-corrected chi connectivity index (χ3v) is 1.94. The van der Waals surface area contributed by atoms with Gasteiger partial charge < -0.3 is 10.3 Å². The first-order chi connectivity index (χ1) is 6.65. The van der Waals surface area contributed by atoms with Gasteiger partial charge in [0.25, 0.3) is 0 Å². The number of nitrogens with one attached hydrogen (secondary N) is 1. The van der Waals surface area contributed by atoms with Crippen LogP contribution in [-0.4, -0.2) is 31.9 Å². The minimum atomic E-state index is 1.01. The van der Waals surface area contributed by atoms with Crippen LogP contribution in [0.5, 0.6) is 0 Å². The van der Waals surface area contributed by atoms with Gasteiger partial charge in [-0.1, -0.05) is 18.2 Å². The average Bonchev–Trinajstić information content (AvgIpc) is 2.16. The molecule has 0 aliphatic rings. The lowest BCUT2D eigenvalue weighted by atomic mass is 10.1. The molecule has 0 saturated carbocycles. The maximum atomic E-state index is 4.37. The fraction of sp³-hybridized carbons (Fsp3) is 0.364. The number of hydrogen-bond acceptors (Lipinski definition) is 3. The summed E-state index contributed by atoms with van der Waals surface area (Å²) in [7, 11) is 5.76. The molecule has 0 aliphatic carbocycles. The van der Waals surface area contributed by atoms with Gasteiger partial charge in [0.1, 0.15) is 0 Å². The molecule has 0 bridgehead atoms. The summed E-state index contributed by atoms with van der Waals surface area (Å²) in [5, 5.41) is 9.32. The summed E-state index contributed by atoms with van der Waals surface area (Å²) in [5.41, 5.74) is 3.26. The normalized spacial score (nSPS) is 11.3. The van der Waals surface area contributed by atoms with Gasteiger partial charge in [0.15, 0.2) is 0 Å². The number of anilines is 1. The topological polar surface area (TPSA) is 27.6 Å². The van der Waals surface area contributed by atoms with Gasteiger partial charge in [-0.25, -0.2) is 0 Å². The minimum absolute atomic E-state index is 1.01. The highest BCUT2D eigenvalue weighted by atomic mass is 15.4. The van der Waals surface area contributed by atoms with E-state index >= 15 is 0 Å². The Morgan fingerprint density at radius 2 is 1.93 bits per heavy atom. The van der Waals surface area contributed by atoms with E-state index in [-0.39, 0.29) is 0 Å². The van der Waals surface area contributed by atoms with Gasteiger partial charge in [-0.3, -0.25) is 0 Å². The van der Waals surface area contributed by atoms with Crippen LogP contribution in [0, 0.1) is 0 Å². The summed E-state index contributed by atoms with van der Waals surface area (Å²) in [5.74, 6) is 0. The molecule has 3 nitrogen and oxygen atoms in total. The van der Waals surface area contributed by atoms with Crippen LogP contribution in [0.3, 0.4) is 0 Å². The highest BCUT2D eigenvalue weighted by Crippen LogP contribution is 2.15. The van der Waals surface area contributed by atoms with Crippen LogP contribution in [0.4, 0.5) is 5.69 Å². The quantitative estimate of drug-likeness (QED) is 0.584. The molecule has 1 N–H and O–H groups in total. The molecule has 1 aromatic carbocycles. The van der Waals surface area contributed by atoms with E-state index in [1.54, 1.807) is 0 Å². The standard InChI is InChI=1S/C11H17N3/c1-9(13-14(3)4)10-7-5-6-8-11(10)12-2/h5-8,12H,1-4H3/b13-9-. The molecule has 0 spiro atoms. The fourth-order valence-corrected chi connectivity index (χ4v) is 1.37. The smallest absolute Gasteiger partial charge is 0.0667 e. The van der Waals surface area contributed by atoms with Crippen molar-refractivity contribution < 1.29 is 0 Å². The van der Waals surface area contributed by atoms with E-state index in [2.05, 4.69) is 16.5 Å². The van der Waals surface area contributed by atoms with Crippen molar-refractivity contribution >= 4 is 11.4 Å². The van der Waals surface area contributed by atoms with Crippen LogP contribution in [0.15, 0.2) is 29.4 Å². The van der Waals surface area contributed by atoms with Gasteiger partial charge in [-0.05, 0) is 13.0 Å². The molecule has 0 atom stereocenters. The molecule has 0 fully saturated rings. The number of hydrogen-bond donors (Lipinski definition) is 1. The lowest BCUT2D eigenvalue weighted by molar-refractivity contribution is 0.438. The summed E-state index contributed by atoms with van der Waals surface area (Å²) in [6.45, 7) is 2.01. The zero-order valence-corrected chi connectivity index (χ0v) is 9.20. The van der Waals surface area contributed by atoms with Gasteiger partial charge in [0.05, 0.1) is 5.71 Å². The van der Waals surface area contributed by atoms with E-state index in [0.29, 0.717) is 0 Å². The summed E-state index contributed by atoms with van der Waals surface area (Å²) < 4.78 is 0. The van der Waals surface area contributed by atoms with Crippen LogP contribution >= 0.6 is 0 Å². The Bertz CT molecular complexity index is 329. The van der Waals surface area contributed by atoms with Crippen molar-refractivity contribution in [2.75, 3.05) is 26.5 Å². The monoisotopic (exact) mass is 191 g/mol. The van der Waals surface area contributed by atoms with E-state index in [0.717, 1.165) is 17.0 Å². The molecule has 0 radical (unpaired) electrons. The molecule has 0 amide bonds. The fourth-order valence-electron chi connectivity index (χ4n) is 1.37. The van der Waals surface area contributed by atoms with E-state index in [4.69, 9.17) is 0 Å². The molecule has 76 valence electrons.